The van der Waals surface area contributed by atoms with Crippen molar-refractivity contribution in [2.75, 3.05) is 43.6 Å². The van der Waals surface area contributed by atoms with Crippen LogP contribution in [0.4, 0.5) is 11.4 Å². The summed E-state index contributed by atoms with van der Waals surface area (Å²) in [5.74, 6) is -0.525. The number of carbonyl (C=O) groups excluding carboxylic acids is 2. The van der Waals surface area contributed by atoms with Crippen LogP contribution in [0.15, 0.2) is 48.5 Å². The number of nitrogens with zero attached hydrogens (tertiary/aromatic N) is 1. The minimum Gasteiger partial charge on any atom is -0.383 e. The molecule has 0 aromatic heterocycles. The van der Waals surface area contributed by atoms with Crippen molar-refractivity contribution in [3.63, 3.8) is 0 Å². The summed E-state index contributed by atoms with van der Waals surface area (Å²) >= 11 is 6.31. The van der Waals surface area contributed by atoms with E-state index in [1.54, 1.807) is 13.2 Å². The number of halogens is 1. The van der Waals surface area contributed by atoms with Gasteiger partial charge in [-0.15, -0.1) is 11.6 Å². The Morgan fingerprint density at radius 2 is 1.86 bits per heavy atom. The van der Waals surface area contributed by atoms with E-state index in [0.29, 0.717) is 24.4 Å². The first-order valence-electron chi connectivity index (χ1n) is 9.76. The van der Waals surface area contributed by atoms with Gasteiger partial charge in [0.2, 0.25) is 5.91 Å². The summed E-state index contributed by atoms with van der Waals surface area (Å²) in [7, 11) is 1.59. The summed E-state index contributed by atoms with van der Waals surface area (Å²) in [4.78, 5) is 27.5. The minimum atomic E-state index is -0.812. The van der Waals surface area contributed by atoms with E-state index < -0.39 is 5.38 Å². The maximum Gasteiger partial charge on any atom is 0.253 e. The van der Waals surface area contributed by atoms with Crippen LogP contribution in [0.2, 0.25) is 0 Å². The number of alkyl halides is 1. The molecule has 0 bridgehead atoms. The Morgan fingerprint density at radius 3 is 2.55 bits per heavy atom. The van der Waals surface area contributed by atoms with Crippen molar-refractivity contribution in [2.45, 2.75) is 18.2 Å². The number of anilines is 2. The van der Waals surface area contributed by atoms with Gasteiger partial charge in [-0.2, -0.15) is 0 Å². The minimum absolute atomic E-state index is 0.189. The molecule has 1 fully saturated rings. The SMILES string of the molecule is COCCNC(=O)c1cc(NC(=O)C(Cl)c2ccccc2)ccc1N1CCCC1. The molecule has 0 saturated carbocycles. The summed E-state index contributed by atoms with van der Waals surface area (Å²) in [6.07, 6.45) is 2.21. The molecule has 2 amide bonds. The lowest BCUT2D eigenvalue weighted by atomic mass is 10.1. The number of ether oxygens (including phenoxy) is 1. The zero-order chi connectivity index (χ0) is 20.6. The zero-order valence-corrected chi connectivity index (χ0v) is 17.2. The molecule has 1 saturated heterocycles. The first kappa shape index (κ1) is 21.1. The molecular formula is C22H26ClN3O3. The Kier molecular flexibility index (Phi) is 7.49. The quantitative estimate of drug-likeness (QED) is 0.510. The largest absolute Gasteiger partial charge is 0.383 e. The molecule has 2 aromatic carbocycles. The van der Waals surface area contributed by atoms with Crippen LogP contribution in [0.5, 0.6) is 0 Å². The van der Waals surface area contributed by atoms with Crippen LogP contribution < -0.4 is 15.5 Å². The van der Waals surface area contributed by atoms with Gasteiger partial charge in [-0.3, -0.25) is 9.59 Å². The monoisotopic (exact) mass is 415 g/mol. The van der Waals surface area contributed by atoms with Crippen LogP contribution in [0.3, 0.4) is 0 Å². The summed E-state index contributed by atoms with van der Waals surface area (Å²) in [5, 5.41) is 4.88. The second-order valence-corrected chi connectivity index (χ2v) is 7.37. The molecule has 1 aliphatic heterocycles. The van der Waals surface area contributed by atoms with Gasteiger partial charge in [0.15, 0.2) is 0 Å². The summed E-state index contributed by atoms with van der Waals surface area (Å²) in [5.41, 5.74) is 2.67. The normalized spacial score (nSPS) is 14.5. The van der Waals surface area contributed by atoms with Crippen LogP contribution in [0.25, 0.3) is 0 Å². The Morgan fingerprint density at radius 1 is 1.14 bits per heavy atom. The van der Waals surface area contributed by atoms with E-state index in [2.05, 4.69) is 15.5 Å². The van der Waals surface area contributed by atoms with Gasteiger partial charge in [0, 0.05) is 38.1 Å². The van der Waals surface area contributed by atoms with Crippen molar-refractivity contribution in [3.8, 4) is 0 Å². The number of carbonyl (C=O) groups is 2. The highest BCUT2D eigenvalue weighted by Crippen LogP contribution is 2.29. The molecule has 0 aliphatic carbocycles. The van der Waals surface area contributed by atoms with Gasteiger partial charge in [-0.05, 0) is 36.6 Å². The first-order valence-corrected chi connectivity index (χ1v) is 10.2. The predicted molar refractivity (Wildman–Crippen MR) is 116 cm³/mol. The molecule has 0 radical (unpaired) electrons. The van der Waals surface area contributed by atoms with Crippen molar-refractivity contribution in [1.29, 1.82) is 0 Å². The molecule has 3 rings (SSSR count). The van der Waals surface area contributed by atoms with E-state index in [-0.39, 0.29) is 11.8 Å². The van der Waals surface area contributed by atoms with Crippen LogP contribution in [0.1, 0.15) is 34.1 Å². The number of amides is 2. The van der Waals surface area contributed by atoms with Gasteiger partial charge in [-0.1, -0.05) is 30.3 Å². The lowest BCUT2D eigenvalue weighted by molar-refractivity contribution is -0.116. The summed E-state index contributed by atoms with van der Waals surface area (Å²) in [6, 6.07) is 14.6. The zero-order valence-electron chi connectivity index (χ0n) is 16.5. The fraction of sp³-hybridized carbons (Fsp3) is 0.364. The predicted octanol–water partition coefficient (Wildman–Crippen LogP) is 3.58. The maximum absolute atomic E-state index is 12.8. The van der Waals surface area contributed by atoms with E-state index in [1.165, 1.54) is 0 Å². The third-order valence-corrected chi connectivity index (χ3v) is 5.32. The molecule has 154 valence electrons. The average Bonchev–Trinajstić information content (AvgIpc) is 3.28. The Hall–Kier alpha value is -2.57. The molecule has 1 unspecified atom stereocenters. The number of nitrogens with one attached hydrogen (secondary N) is 2. The fourth-order valence-electron chi connectivity index (χ4n) is 3.37. The summed E-state index contributed by atoms with van der Waals surface area (Å²) in [6.45, 7) is 2.69. The van der Waals surface area contributed by atoms with Crippen molar-refractivity contribution in [1.82, 2.24) is 5.32 Å². The molecular weight excluding hydrogens is 390 g/mol. The lowest BCUT2D eigenvalue weighted by Crippen LogP contribution is -2.30. The number of rotatable bonds is 8. The molecule has 2 N–H and O–H groups in total. The molecule has 1 heterocycles. The van der Waals surface area contributed by atoms with Gasteiger partial charge in [0.25, 0.3) is 5.91 Å². The number of hydrogen-bond acceptors (Lipinski definition) is 4. The highest BCUT2D eigenvalue weighted by Gasteiger charge is 2.22. The van der Waals surface area contributed by atoms with Crippen LogP contribution in [-0.4, -0.2) is 45.2 Å². The molecule has 1 aliphatic rings. The molecule has 7 heteroatoms. The number of benzene rings is 2. The molecule has 29 heavy (non-hydrogen) atoms. The number of hydrogen-bond donors (Lipinski definition) is 2. The fourth-order valence-corrected chi connectivity index (χ4v) is 3.57. The topological polar surface area (TPSA) is 70.7 Å². The van der Waals surface area contributed by atoms with Gasteiger partial charge in [0.05, 0.1) is 12.2 Å². The molecule has 6 nitrogen and oxygen atoms in total. The van der Waals surface area contributed by atoms with E-state index in [4.69, 9.17) is 16.3 Å². The van der Waals surface area contributed by atoms with E-state index in [9.17, 15) is 9.59 Å². The van der Waals surface area contributed by atoms with Crippen molar-refractivity contribution < 1.29 is 14.3 Å². The van der Waals surface area contributed by atoms with E-state index in [0.717, 1.165) is 37.2 Å². The Balaban J connectivity index is 1.79. The standard InChI is InChI=1S/C22H26ClN3O3/c1-29-14-11-24-21(27)18-15-17(9-10-19(18)26-12-5-6-13-26)25-22(28)20(23)16-7-3-2-4-8-16/h2-4,7-10,15,20H,5-6,11-14H2,1H3,(H,24,27)(H,25,28). The second-order valence-electron chi connectivity index (χ2n) is 6.94. The van der Waals surface area contributed by atoms with Crippen molar-refractivity contribution in [2.24, 2.45) is 0 Å². The molecule has 2 aromatic rings. The Labute approximate surface area is 176 Å². The van der Waals surface area contributed by atoms with Crippen molar-refractivity contribution >= 4 is 34.8 Å². The van der Waals surface area contributed by atoms with Gasteiger partial charge < -0.3 is 20.3 Å². The third-order valence-electron chi connectivity index (χ3n) is 4.87. The molecule has 0 spiro atoms. The highest BCUT2D eigenvalue weighted by atomic mass is 35.5. The average molecular weight is 416 g/mol. The smallest absolute Gasteiger partial charge is 0.253 e. The lowest BCUT2D eigenvalue weighted by Gasteiger charge is -2.22. The van der Waals surface area contributed by atoms with Crippen molar-refractivity contribution in [3.05, 3.63) is 59.7 Å². The number of methoxy groups -OCH3 is 1. The van der Waals surface area contributed by atoms with Crippen LogP contribution >= 0.6 is 11.6 Å². The summed E-state index contributed by atoms with van der Waals surface area (Å²) < 4.78 is 5.01. The second kappa shape index (κ2) is 10.3. The molecule has 1 atom stereocenters. The van der Waals surface area contributed by atoms with Crippen LogP contribution in [0, 0.1) is 0 Å². The van der Waals surface area contributed by atoms with Crippen LogP contribution in [-0.2, 0) is 9.53 Å². The van der Waals surface area contributed by atoms with Gasteiger partial charge >= 0.3 is 0 Å². The van der Waals surface area contributed by atoms with E-state index >= 15 is 0 Å². The van der Waals surface area contributed by atoms with Gasteiger partial charge in [-0.25, -0.2) is 0 Å². The highest BCUT2D eigenvalue weighted by molar-refractivity contribution is 6.32. The maximum atomic E-state index is 12.8. The third kappa shape index (κ3) is 5.49. The van der Waals surface area contributed by atoms with E-state index in [1.807, 2.05) is 42.5 Å². The first-order chi connectivity index (χ1) is 14.1. The Bertz CT molecular complexity index is 838. The van der Waals surface area contributed by atoms with Gasteiger partial charge in [0.1, 0.15) is 5.38 Å².